The molecule has 1 saturated heterocycles. The highest BCUT2D eigenvalue weighted by atomic mass is 32.2. The molecule has 7 heteroatoms. The number of hydrogen-bond acceptors (Lipinski definition) is 4. The number of likely N-dealkylation sites (tertiary alicyclic amines) is 1. The molecule has 1 aromatic rings. The summed E-state index contributed by atoms with van der Waals surface area (Å²) in [6, 6.07) is 5.18. The third kappa shape index (κ3) is 4.14. The Labute approximate surface area is 163 Å². The van der Waals surface area contributed by atoms with Crippen LogP contribution in [0.3, 0.4) is 0 Å². The van der Waals surface area contributed by atoms with Crippen LogP contribution in [0.2, 0.25) is 0 Å². The van der Waals surface area contributed by atoms with Crippen LogP contribution in [0.1, 0.15) is 52.5 Å². The van der Waals surface area contributed by atoms with E-state index in [0.29, 0.717) is 18.0 Å². The number of hydrogen-bond donors (Lipinski definition) is 1. The zero-order chi connectivity index (χ0) is 19.8. The maximum Gasteiger partial charge on any atom is 0.242 e. The Bertz CT molecular complexity index is 814. The van der Waals surface area contributed by atoms with Crippen LogP contribution in [0.4, 0.5) is 5.69 Å². The molecule has 27 heavy (non-hydrogen) atoms. The smallest absolute Gasteiger partial charge is 0.242 e. The molecule has 0 aromatic heterocycles. The number of rotatable bonds is 6. The first-order chi connectivity index (χ1) is 12.6. The van der Waals surface area contributed by atoms with Gasteiger partial charge in [-0.25, -0.2) is 13.1 Å². The normalized spacial score (nSPS) is 20.0. The molecule has 6 nitrogen and oxygen atoms in total. The molecule has 150 valence electrons. The van der Waals surface area contributed by atoms with Crippen LogP contribution >= 0.6 is 0 Å². The molecule has 2 heterocycles. The fourth-order valence-electron chi connectivity index (χ4n) is 3.93. The summed E-state index contributed by atoms with van der Waals surface area (Å²) in [7, 11) is -3.54. The molecule has 0 spiro atoms. The van der Waals surface area contributed by atoms with E-state index in [2.05, 4.69) is 23.5 Å². The van der Waals surface area contributed by atoms with E-state index in [1.165, 1.54) is 0 Å². The predicted molar refractivity (Wildman–Crippen MR) is 108 cm³/mol. The van der Waals surface area contributed by atoms with Crippen molar-refractivity contribution in [2.24, 2.45) is 0 Å². The second kappa shape index (κ2) is 7.43. The molecule has 2 aliphatic heterocycles. The number of anilines is 1. The Morgan fingerprint density at radius 2 is 1.93 bits per heavy atom. The van der Waals surface area contributed by atoms with Gasteiger partial charge in [0.15, 0.2) is 0 Å². The Kier molecular flexibility index (Phi) is 5.54. The van der Waals surface area contributed by atoms with E-state index in [9.17, 15) is 13.2 Å². The Morgan fingerprint density at radius 3 is 2.56 bits per heavy atom. The molecule has 1 fully saturated rings. The molecule has 0 radical (unpaired) electrons. The molecule has 3 rings (SSSR count). The zero-order valence-electron chi connectivity index (χ0n) is 16.8. The van der Waals surface area contributed by atoms with Crippen molar-refractivity contribution in [2.45, 2.75) is 63.3 Å². The molecule has 0 aliphatic carbocycles. The van der Waals surface area contributed by atoms with Crippen molar-refractivity contribution in [1.29, 1.82) is 0 Å². The standard InChI is InChI=1S/C20H31N3O3S/c1-5-15(2)21-27(25,26)16-8-9-18-17(12-16)20(3,4)14-23(18)13-19(24)22-10-6-7-11-22/h8-9,12,15,21H,5-7,10-11,13-14H2,1-4H3/t15-/m0/s1. The quantitative estimate of drug-likeness (QED) is 0.806. The predicted octanol–water partition coefficient (Wildman–Crippen LogP) is 2.48. The van der Waals surface area contributed by atoms with Crippen LogP contribution in [-0.2, 0) is 20.2 Å². The minimum atomic E-state index is -3.54. The number of nitrogens with one attached hydrogen (secondary N) is 1. The highest BCUT2D eigenvalue weighted by Crippen LogP contribution is 2.41. The molecule has 0 unspecified atom stereocenters. The van der Waals surface area contributed by atoms with Gasteiger partial charge in [-0.3, -0.25) is 4.79 Å². The van der Waals surface area contributed by atoms with Gasteiger partial charge in [0.2, 0.25) is 15.9 Å². The number of benzene rings is 1. The van der Waals surface area contributed by atoms with Gasteiger partial charge in [-0.05, 0) is 49.9 Å². The number of nitrogens with zero attached hydrogens (tertiary/aromatic N) is 2. The molecule has 0 bridgehead atoms. The van der Waals surface area contributed by atoms with E-state index in [-0.39, 0.29) is 17.4 Å². The van der Waals surface area contributed by atoms with Crippen LogP contribution in [0, 0.1) is 0 Å². The van der Waals surface area contributed by atoms with Gasteiger partial charge < -0.3 is 9.80 Å². The van der Waals surface area contributed by atoms with Crippen molar-refractivity contribution in [3.63, 3.8) is 0 Å². The van der Waals surface area contributed by atoms with Crippen molar-refractivity contribution < 1.29 is 13.2 Å². The average Bonchev–Trinajstić information content (AvgIpc) is 3.21. The number of carbonyl (C=O) groups is 1. The summed E-state index contributed by atoms with van der Waals surface area (Å²) in [5, 5.41) is 0. The zero-order valence-corrected chi connectivity index (χ0v) is 17.6. The summed E-state index contributed by atoms with van der Waals surface area (Å²) in [6.45, 7) is 10.8. The van der Waals surface area contributed by atoms with E-state index < -0.39 is 10.0 Å². The van der Waals surface area contributed by atoms with Crippen LogP contribution in [0.25, 0.3) is 0 Å². The average molecular weight is 394 g/mol. The first-order valence-electron chi connectivity index (χ1n) is 9.83. The minimum absolute atomic E-state index is 0.106. The van der Waals surface area contributed by atoms with E-state index in [4.69, 9.17) is 0 Å². The summed E-state index contributed by atoms with van der Waals surface area (Å²) in [5.74, 6) is 0.159. The van der Waals surface area contributed by atoms with Gasteiger partial charge >= 0.3 is 0 Å². The van der Waals surface area contributed by atoms with E-state index >= 15 is 0 Å². The fraction of sp³-hybridized carbons (Fsp3) is 0.650. The minimum Gasteiger partial charge on any atom is -0.361 e. The van der Waals surface area contributed by atoms with Crippen LogP contribution in [-0.4, -0.2) is 51.4 Å². The van der Waals surface area contributed by atoms with Crippen molar-refractivity contribution in [1.82, 2.24) is 9.62 Å². The van der Waals surface area contributed by atoms with Crippen molar-refractivity contribution in [2.75, 3.05) is 31.1 Å². The van der Waals surface area contributed by atoms with E-state index in [1.54, 1.807) is 12.1 Å². The maximum absolute atomic E-state index is 12.7. The second-order valence-corrected chi connectivity index (χ2v) is 10.2. The van der Waals surface area contributed by atoms with Gasteiger partial charge in [0.25, 0.3) is 0 Å². The number of carbonyl (C=O) groups excluding carboxylic acids is 1. The molecular formula is C20H31N3O3S. The molecule has 1 atom stereocenters. The van der Waals surface area contributed by atoms with Crippen molar-refractivity contribution in [3.8, 4) is 0 Å². The van der Waals surface area contributed by atoms with Gasteiger partial charge in [0.05, 0.1) is 11.4 Å². The first kappa shape index (κ1) is 20.1. The molecule has 0 saturated carbocycles. The lowest BCUT2D eigenvalue weighted by atomic mass is 9.87. The first-order valence-corrected chi connectivity index (χ1v) is 11.3. The summed E-state index contributed by atoms with van der Waals surface area (Å²) >= 11 is 0. The Hall–Kier alpha value is -1.60. The highest BCUT2D eigenvalue weighted by molar-refractivity contribution is 7.89. The van der Waals surface area contributed by atoms with Crippen LogP contribution in [0.5, 0.6) is 0 Å². The number of sulfonamides is 1. The van der Waals surface area contributed by atoms with Gasteiger partial charge in [-0.2, -0.15) is 0 Å². The lowest BCUT2D eigenvalue weighted by molar-refractivity contribution is -0.128. The third-order valence-electron chi connectivity index (χ3n) is 5.69. The third-order valence-corrected chi connectivity index (χ3v) is 7.28. The van der Waals surface area contributed by atoms with Gasteiger partial charge in [-0.15, -0.1) is 0 Å². The molecule has 1 aromatic carbocycles. The fourth-order valence-corrected chi connectivity index (χ4v) is 5.29. The second-order valence-electron chi connectivity index (χ2n) is 8.44. The summed E-state index contributed by atoms with van der Waals surface area (Å²) in [5.41, 5.74) is 1.75. The van der Waals surface area contributed by atoms with E-state index in [1.807, 2.05) is 24.8 Å². The van der Waals surface area contributed by atoms with E-state index in [0.717, 1.165) is 43.6 Å². The van der Waals surface area contributed by atoms with Crippen LogP contribution in [0.15, 0.2) is 23.1 Å². The monoisotopic (exact) mass is 393 g/mol. The topological polar surface area (TPSA) is 69.7 Å². The largest absolute Gasteiger partial charge is 0.361 e. The lowest BCUT2D eigenvalue weighted by Crippen LogP contribution is -2.40. The maximum atomic E-state index is 12.7. The summed E-state index contributed by atoms with van der Waals surface area (Å²) in [6.07, 6.45) is 2.90. The molecular weight excluding hydrogens is 362 g/mol. The Balaban J connectivity index is 1.85. The van der Waals surface area contributed by atoms with Crippen LogP contribution < -0.4 is 9.62 Å². The summed E-state index contributed by atoms with van der Waals surface area (Å²) in [4.78, 5) is 16.9. The summed E-state index contributed by atoms with van der Waals surface area (Å²) < 4.78 is 28.0. The lowest BCUT2D eigenvalue weighted by Gasteiger charge is -2.24. The molecule has 1 amide bonds. The van der Waals surface area contributed by atoms with Crippen molar-refractivity contribution >= 4 is 21.6 Å². The Morgan fingerprint density at radius 1 is 1.26 bits per heavy atom. The number of amides is 1. The van der Waals surface area contributed by atoms with Gasteiger partial charge in [0, 0.05) is 36.8 Å². The van der Waals surface area contributed by atoms with Gasteiger partial charge in [-0.1, -0.05) is 20.8 Å². The van der Waals surface area contributed by atoms with Gasteiger partial charge in [0.1, 0.15) is 0 Å². The highest BCUT2D eigenvalue weighted by Gasteiger charge is 2.37. The van der Waals surface area contributed by atoms with Crippen molar-refractivity contribution in [3.05, 3.63) is 23.8 Å². The molecule has 1 N–H and O–H groups in total. The molecule has 2 aliphatic rings. The number of fused-ring (bicyclic) bond motifs is 1. The SMILES string of the molecule is CC[C@H](C)NS(=O)(=O)c1ccc2c(c1)C(C)(C)CN2CC(=O)N1CCCC1.